The summed E-state index contributed by atoms with van der Waals surface area (Å²) in [5.41, 5.74) is 2.27. The van der Waals surface area contributed by atoms with E-state index in [9.17, 15) is 4.79 Å². The number of rotatable bonds is 2. The van der Waals surface area contributed by atoms with E-state index < -0.39 is 12.0 Å². The van der Waals surface area contributed by atoms with Gasteiger partial charge in [-0.15, -0.1) is 4.98 Å². The normalized spacial score (nSPS) is 12.9. The van der Waals surface area contributed by atoms with Gasteiger partial charge in [-0.3, -0.25) is 4.79 Å². The van der Waals surface area contributed by atoms with Crippen LogP contribution in [0.25, 0.3) is 0 Å². The molecule has 1 aromatic heterocycles. The molecule has 8 heteroatoms. The van der Waals surface area contributed by atoms with E-state index in [0.717, 1.165) is 11.3 Å². The van der Waals surface area contributed by atoms with Crippen molar-refractivity contribution in [3.8, 4) is 12.0 Å². The van der Waals surface area contributed by atoms with Crippen LogP contribution < -0.4 is 10.6 Å². The number of benzene rings is 1. The van der Waals surface area contributed by atoms with Gasteiger partial charge in [0.25, 0.3) is 0 Å². The molecule has 0 bridgehead atoms. The molecule has 8 nitrogen and oxygen atoms in total. The predicted molar refractivity (Wildman–Crippen MR) is 65.2 cm³/mol. The summed E-state index contributed by atoms with van der Waals surface area (Å²) >= 11 is 0. The Hall–Kier alpha value is -2.90. The second kappa shape index (κ2) is 4.09. The van der Waals surface area contributed by atoms with E-state index in [0.29, 0.717) is 12.1 Å². The summed E-state index contributed by atoms with van der Waals surface area (Å²) in [5, 5.41) is 23.8. The minimum absolute atomic E-state index is 0.0160. The molecule has 96 valence electrons. The first kappa shape index (κ1) is 11.2. The lowest BCUT2D eigenvalue weighted by Gasteiger charge is -2.06. The predicted octanol–water partition coefficient (Wildman–Crippen LogP) is 0.521. The first-order chi connectivity index (χ1) is 9.10. The van der Waals surface area contributed by atoms with Gasteiger partial charge >= 0.3 is 12.0 Å². The average molecular weight is 259 g/mol. The van der Waals surface area contributed by atoms with E-state index >= 15 is 0 Å². The SMILES string of the molecule is O=C1Cc2cc(Nc3nc(O)nc(O)n3)ccc2N1. The van der Waals surface area contributed by atoms with E-state index in [1.807, 2.05) is 0 Å². The van der Waals surface area contributed by atoms with Crippen LogP contribution in [0, 0.1) is 0 Å². The zero-order valence-electron chi connectivity index (χ0n) is 9.58. The quantitative estimate of drug-likeness (QED) is 0.620. The Morgan fingerprint density at radius 1 is 1.16 bits per heavy atom. The molecule has 0 saturated carbocycles. The standard InChI is InChI=1S/C11H9N5O3/c17-8-4-5-3-6(1-2-7(5)13-8)12-9-14-10(18)16-11(19)15-9/h1-3H,4H2,(H,13,17)(H3,12,14,15,16,18,19). The highest BCUT2D eigenvalue weighted by atomic mass is 16.3. The molecular formula is C11H9N5O3. The van der Waals surface area contributed by atoms with Gasteiger partial charge in [0.05, 0.1) is 6.42 Å². The first-order valence-corrected chi connectivity index (χ1v) is 5.44. The number of anilines is 3. The van der Waals surface area contributed by atoms with E-state index in [1.165, 1.54) is 0 Å². The molecule has 1 amide bonds. The summed E-state index contributed by atoms with van der Waals surface area (Å²) in [6, 6.07) is 4.10. The Kier molecular flexibility index (Phi) is 2.41. The summed E-state index contributed by atoms with van der Waals surface area (Å²) in [4.78, 5) is 21.7. The van der Waals surface area contributed by atoms with Crippen molar-refractivity contribution in [3.63, 3.8) is 0 Å². The molecular weight excluding hydrogens is 250 g/mol. The van der Waals surface area contributed by atoms with Crippen LogP contribution in [0.3, 0.4) is 0 Å². The molecule has 0 spiro atoms. The minimum atomic E-state index is -0.576. The highest BCUT2D eigenvalue weighted by molar-refractivity contribution is 5.99. The van der Waals surface area contributed by atoms with E-state index in [-0.39, 0.29) is 11.9 Å². The highest BCUT2D eigenvalue weighted by Gasteiger charge is 2.17. The molecule has 2 heterocycles. The van der Waals surface area contributed by atoms with Gasteiger partial charge in [-0.1, -0.05) is 0 Å². The highest BCUT2D eigenvalue weighted by Crippen LogP contribution is 2.27. The van der Waals surface area contributed by atoms with Crippen LogP contribution in [-0.4, -0.2) is 31.1 Å². The smallest absolute Gasteiger partial charge is 0.321 e. The number of amides is 1. The number of hydrogen-bond acceptors (Lipinski definition) is 7. The summed E-state index contributed by atoms with van der Waals surface area (Å²) in [6.07, 6.45) is 0.318. The third kappa shape index (κ3) is 2.23. The fraction of sp³-hybridized carbons (Fsp3) is 0.0909. The number of carbonyl (C=O) groups is 1. The molecule has 1 aliphatic rings. The monoisotopic (exact) mass is 259 g/mol. The fourth-order valence-electron chi connectivity index (χ4n) is 1.85. The average Bonchev–Trinajstić information content (AvgIpc) is 2.67. The van der Waals surface area contributed by atoms with Crippen LogP contribution in [0.4, 0.5) is 17.3 Å². The van der Waals surface area contributed by atoms with E-state index in [4.69, 9.17) is 10.2 Å². The van der Waals surface area contributed by atoms with Crippen LogP contribution in [-0.2, 0) is 11.2 Å². The number of hydrogen-bond donors (Lipinski definition) is 4. The maximum absolute atomic E-state index is 11.2. The largest absolute Gasteiger partial charge is 0.479 e. The van der Waals surface area contributed by atoms with Gasteiger partial charge in [-0.25, -0.2) is 0 Å². The molecule has 0 aliphatic carbocycles. The minimum Gasteiger partial charge on any atom is -0.479 e. The van der Waals surface area contributed by atoms with Crippen LogP contribution in [0.15, 0.2) is 18.2 Å². The number of aromatic hydroxyl groups is 2. The van der Waals surface area contributed by atoms with Crippen LogP contribution >= 0.6 is 0 Å². The fourth-order valence-corrected chi connectivity index (χ4v) is 1.85. The molecule has 2 aromatic rings. The summed E-state index contributed by atoms with van der Waals surface area (Å²) in [6.45, 7) is 0. The molecule has 0 fully saturated rings. The maximum atomic E-state index is 11.2. The zero-order chi connectivity index (χ0) is 13.4. The van der Waals surface area contributed by atoms with Gasteiger partial charge in [-0.05, 0) is 23.8 Å². The molecule has 4 N–H and O–H groups in total. The topological polar surface area (TPSA) is 120 Å². The summed E-state index contributed by atoms with van der Waals surface area (Å²) < 4.78 is 0. The number of carbonyl (C=O) groups excluding carboxylic acids is 1. The van der Waals surface area contributed by atoms with Crippen molar-refractivity contribution in [3.05, 3.63) is 23.8 Å². The van der Waals surface area contributed by atoms with Gasteiger partial charge in [0.2, 0.25) is 11.9 Å². The Morgan fingerprint density at radius 2 is 1.89 bits per heavy atom. The van der Waals surface area contributed by atoms with Crippen molar-refractivity contribution < 1.29 is 15.0 Å². The van der Waals surface area contributed by atoms with Crippen molar-refractivity contribution in [1.29, 1.82) is 0 Å². The van der Waals surface area contributed by atoms with Gasteiger partial charge in [-0.2, -0.15) is 9.97 Å². The lowest BCUT2D eigenvalue weighted by molar-refractivity contribution is -0.115. The van der Waals surface area contributed by atoms with Gasteiger partial charge < -0.3 is 20.8 Å². The Morgan fingerprint density at radius 3 is 2.63 bits per heavy atom. The number of nitrogens with zero attached hydrogens (tertiary/aromatic N) is 3. The number of nitrogens with one attached hydrogen (secondary N) is 2. The Bertz CT molecular complexity index is 653. The molecule has 1 aliphatic heterocycles. The lowest BCUT2D eigenvalue weighted by atomic mass is 10.1. The van der Waals surface area contributed by atoms with E-state index in [2.05, 4.69) is 25.6 Å². The second-order valence-electron chi connectivity index (χ2n) is 3.98. The van der Waals surface area contributed by atoms with Crippen LogP contribution in [0.5, 0.6) is 12.0 Å². The second-order valence-corrected chi connectivity index (χ2v) is 3.98. The van der Waals surface area contributed by atoms with Crippen molar-refractivity contribution in [2.75, 3.05) is 10.6 Å². The molecule has 0 atom stereocenters. The first-order valence-electron chi connectivity index (χ1n) is 5.44. The van der Waals surface area contributed by atoms with Crippen LogP contribution in [0.2, 0.25) is 0 Å². The molecule has 0 radical (unpaired) electrons. The van der Waals surface area contributed by atoms with Crippen molar-refractivity contribution in [1.82, 2.24) is 15.0 Å². The van der Waals surface area contributed by atoms with Crippen LogP contribution in [0.1, 0.15) is 5.56 Å². The number of aromatic nitrogens is 3. The van der Waals surface area contributed by atoms with Gasteiger partial charge in [0.1, 0.15) is 0 Å². The summed E-state index contributed by atoms with van der Waals surface area (Å²) in [5.74, 6) is -0.0372. The van der Waals surface area contributed by atoms with Gasteiger partial charge in [0, 0.05) is 11.4 Å². The Labute approximate surface area is 107 Å². The van der Waals surface area contributed by atoms with Gasteiger partial charge in [0.15, 0.2) is 0 Å². The molecule has 19 heavy (non-hydrogen) atoms. The zero-order valence-corrected chi connectivity index (χ0v) is 9.58. The summed E-state index contributed by atoms with van der Waals surface area (Å²) in [7, 11) is 0. The third-order valence-corrected chi connectivity index (χ3v) is 2.60. The molecule has 0 unspecified atom stereocenters. The van der Waals surface area contributed by atoms with Crippen molar-refractivity contribution in [2.45, 2.75) is 6.42 Å². The van der Waals surface area contributed by atoms with E-state index in [1.54, 1.807) is 18.2 Å². The molecule has 3 rings (SSSR count). The molecule has 1 aromatic carbocycles. The third-order valence-electron chi connectivity index (χ3n) is 2.60. The maximum Gasteiger partial charge on any atom is 0.321 e. The number of fused-ring (bicyclic) bond motifs is 1. The lowest BCUT2D eigenvalue weighted by Crippen LogP contribution is -2.03. The van der Waals surface area contributed by atoms with Crippen molar-refractivity contribution in [2.24, 2.45) is 0 Å². The van der Waals surface area contributed by atoms with Crippen molar-refractivity contribution >= 4 is 23.2 Å². The Balaban J connectivity index is 1.88. The molecule has 0 saturated heterocycles.